The van der Waals surface area contributed by atoms with Crippen molar-refractivity contribution in [3.05, 3.63) is 65.3 Å². The van der Waals surface area contributed by atoms with Crippen LogP contribution in [0.2, 0.25) is 0 Å². The minimum absolute atomic E-state index is 0.0232. The van der Waals surface area contributed by atoms with E-state index < -0.39 is 6.23 Å². The van der Waals surface area contributed by atoms with E-state index in [1.807, 2.05) is 55.0 Å². The summed E-state index contributed by atoms with van der Waals surface area (Å²) in [5, 5.41) is 11.5. The first-order valence-corrected chi connectivity index (χ1v) is 17.8. The molecule has 4 atom stereocenters. The van der Waals surface area contributed by atoms with Gasteiger partial charge in [-0.05, 0) is 75.5 Å². The van der Waals surface area contributed by atoms with Crippen molar-refractivity contribution in [2.45, 2.75) is 91.6 Å². The van der Waals surface area contributed by atoms with E-state index in [0.717, 1.165) is 41.7 Å². The Morgan fingerprint density at radius 1 is 0.940 bits per heavy atom. The molecule has 0 saturated carbocycles. The summed E-state index contributed by atoms with van der Waals surface area (Å²) in [4.78, 5) is 37.2. The topological polar surface area (TPSA) is 104 Å². The van der Waals surface area contributed by atoms with Crippen molar-refractivity contribution in [2.75, 3.05) is 38.3 Å². The molecule has 2 aromatic carbocycles. The monoisotopic (exact) mass is 684 g/mol. The second-order valence-corrected chi connectivity index (χ2v) is 15.7. The van der Waals surface area contributed by atoms with Gasteiger partial charge in [0.2, 0.25) is 0 Å². The molecule has 0 aliphatic carbocycles. The molecular weight excluding hydrogens is 632 g/mol. The highest BCUT2D eigenvalue weighted by molar-refractivity contribution is 6.04. The highest BCUT2D eigenvalue weighted by Gasteiger charge is 2.44. The van der Waals surface area contributed by atoms with E-state index in [1.54, 1.807) is 18.1 Å². The number of nitrogens with zero attached hydrogens (tertiary/aromatic N) is 4. The Bertz CT molecular complexity index is 1730. The molecule has 10 heteroatoms. The van der Waals surface area contributed by atoms with Crippen molar-refractivity contribution in [1.29, 1.82) is 0 Å². The Morgan fingerprint density at radius 3 is 2.36 bits per heavy atom. The van der Waals surface area contributed by atoms with Crippen molar-refractivity contribution in [1.82, 2.24) is 9.80 Å². The lowest BCUT2D eigenvalue weighted by Crippen LogP contribution is -2.50. The molecule has 2 fully saturated rings. The first-order valence-electron chi connectivity index (χ1n) is 17.8. The van der Waals surface area contributed by atoms with Gasteiger partial charge in [-0.3, -0.25) is 14.6 Å². The third kappa shape index (κ3) is 6.87. The first-order chi connectivity index (χ1) is 23.7. The zero-order valence-corrected chi connectivity index (χ0v) is 30.6. The van der Waals surface area contributed by atoms with E-state index in [4.69, 9.17) is 14.2 Å². The lowest BCUT2D eigenvalue weighted by molar-refractivity contribution is 0.0497. The fourth-order valence-corrected chi connectivity index (χ4v) is 7.95. The molecule has 4 heterocycles. The molecule has 6 rings (SSSR count). The Labute approximate surface area is 296 Å². The number of aliphatic hydroxyl groups is 1. The molecule has 1 unspecified atom stereocenters. The smallest absolute Gasteiger partial charge is 0.257 e. The van der Waals surface area contributed by atoms with Crippen molar-refractivity contribution < 1.29 is 28.9 Å². The third-order valence-corrected chi connectivity index (χ3v) is 10.4. The zero-order chi connectivity index (χ0) is 36.1. The Balaban J connectivity index is 1.08. The maximum atomic E-state index is 13.7. The summed E-state index contributed by atoms with van der Waals surface area (Å²) >= 11 is 0. The average molecular weight is 685 g/mol. The summed E-state index contributed by atoms with van der Waals surface area (Å²) in [5.74, 6) is 1.99. The van der Waals surface area contributed by atoms with E-state index in [1.165, 1.54) is 0 Å². The number of fused-ring (bicyclic) bond motifs is 4. The Hall–Kier alpha value is -4.31. The van der Waals surface area contributed by atoms with Crippen LogP contribution in [-0.2, 0) is 0 Å². The van der Waals surface area contributed by atoms with Crippen LogP contribution in [0.5, 0.6) is 17.2 Å². The number of rotatable bonds is 11. The van der Waals surface area contributed by atoms with Gasteiger partial charge >= 0.3 is 0 Å². The molecule has 4 aliphatic heterocycles. The number of carbonyl (C=O) groups excluding carboxylic acids is 2. The number of aryl methyl sites for hydroxylation is 1. The molecule has 10 nitrogen and oxygen atoms in total. The Morgan fingerprint density at radius 2 is 1.64 bits per heavy atom. The van der Waals surface area contributed by atoms with Gasteiger partial charge in [-0.2, -0.15) is 0 Å². The fraction of sp³-hybridized carbons (Fsp3) is 0.525. The molecule has 0 bridgehead atoms. The number of aliphatic hydroxyl groups excluding tert-OH is 1. The molecule has 50 heavy (non-hydrogen) atoms. The molecule has 0 radical (unpaired) electrons. The van der Waals surface area contributed by atoms with Crippen LogP contribution < -0.4 is 19.1 Å². The summed E-state index contributed by atoms with van der Waals surface area (Å²) in [5.41, 5.74) is 5.11. The largest absolute Gasteiger partial charge is 0.493 e. The second-order valence-electron chi connectivity index (χ2n) is 15.7. The number of ether oxygens (including phenoxy) is 3. The van der Waals surface area contributed by atoms with Crippen LogP contribution in [0.1, 0.15) is 86.6 Å². The number of hydrogen-bond donors (Lipinski definition) is 1. The molecule has 0 spiro atoms. The SMILES string of the molecule is C=C1C[C@H]2C=Nc3cc(OCC(C)(C)CC(C)CCOc4cc5c(cc4C)C(=O)N4CC(=C)C[C@H]4[C@H](O)N5C(C)C)c(OC)cc3C(=O)N2C1. The summed E-state index contributed by atoms with van der Waals surface area (Å²) in [7, 11) is 1.58. The predicted molar refractivity (Wildman–Crippen MR) is 196 cm³/mol. The van der Waals surface area contributed by atoms with Gasteiger partial charge in [0.05, 0.1) is 54.9 Å². The molecule has 2 amide bonds. The van der Waals surface area contributed by atoms with Crippen LogP contribution in [0.4, 0.5) is 11.4 Å². The number of amides is 2. The van der Waals surface area contributed by atoms with Gasteiger partial charge < -0.3 is 34.0 Å². The number of hydrogen-bond acceptors (Lipinski definition) is 8. The number of anilines is 1. The number of carbonyl (C=O) groups is 2. The normalized spacial score (nSPS) is 22.3. The molecule has 4 aliphatic rings. The lowest BCUT2D eigenvalue weighted by Gasteiger charge is -2.36. The van der Waals surface area contributed by atoms with E-state index in [-0.39, 0.29) is 35.4 Å². The summed E-state index contributed by atoms with van der Waals surface area (Å²) in [6.45, 7) is 22.7. The minimum atomic E-state index is -0.834. The van der Waals surface area contributed by atoms with Gasteiger partial charge in [0.1, 0.15) is 12.0 Å². The molecule has 268 valence electrons. The molecule has 2 saturated heterocycles. The quantitative estimate of drug-likeness (QED) is 0.263. The molecule has 2 aromatic rings. The van der Waals surface area contributed by atoms with Crippen LogP contribution in [0.3, 0.4) is 0 Å². The highest BCUT2D eigenvalue weighted by atomic mass is 16.5. The second kappa shape index (κ2) is 13.8. The maximum absolute atomic E-state index is 13.7. The average Bonchev–Trinajstić information content (AvgIpc) is 3.59. The first kappa shape index (κ1) is 35.5. The van der Waals surface area contributed by atoms with Crippen LogP contribution >= 0.6 is 0 Å². The number of aliphatic imine (C=N–C) groups is 1. The van der Waals surface area contributed by atoms with E-state index in [9.17, 15) is 14.7 Å². The van der Waals surface area contributed by atoms with Gasteiger partial charge in [0.15, 0.2) is 11.5 Å². The third-order valence-electron chi connectivity index (χ3n) is 10.4. The van der Waals surface area contributed by atoms with Crippen LogP contribution in [0.25, 0.3) is 0 Å². The summed E-state index contributed by atoms with van der Waals surface area (Å²) in [6.07, 6.45) is 4.05. The van der Waals surface area contributed by atoms with Gasteiger partial charge in [0.25, 0.3) is 11.8 Å². The standard InChI is InChI=1S/C40H52N4O6/c1-23(2)44-32-17-34(27(6)14-30(32)38(46)43-21-26(5)13-33(43)39(44)47)49-11-10-24(3)18-40(7,8)22-50-36-16-31-29(15-35(36)48-9)37(45)42-20-25(4)12-28(42)19-41-31/h14-17,19,23-24,28,33,39,47H,4-5,10-13,18,20-22H2,1-3,6-9H3/t24?,28-,33-,39-/m0/s1. The van der Waals surface area contributed by atoms with Crippen molar-refractivity contribution >= 4 is 29.4 Å². The van der Waals surface area contributed by atoms with Crippen LogP contribution in [-0.4, -0.2) is 90.7 Å². The molecular formula is C40H52N4O6. The van der Waals surface area contributed by atoms with Crippen molar-refractivity contribution in [3.8, 4) is 17.2 Å². The van der Waals surface area contributed by atoms with Gasteiger partial charge in [-0.25, -0.2) is 0 Å². The van der Waals surface area contributed by atoms with E-state index in [0.29, 0.717) is 72.6 Å². The predicted octanol–water partition coefficient (Wildman–Crippen LogP) is 6.71. The summed E-state index contributed by atoms with van der Waals surface area (Å²) < 4.78 is 18.4. The zero-order valence-electron chi connectivity index (χ0n) is 30.6. The fourth-order valence-electron chi connectivity index (χ4n) is 7.95. The van der Waals surface area contributed by atoms with Crippen LogP contribution in [0.15, 0.2) is 53.6 Å². The van der Waals surface area contributed by atoms with Crippen molar-refractivity contribution in [2.24, 2.45) is 16.3 Å². The van der Waals surface area contributed by atoms with Crippen molar-refractivity contribution in [3.63, 3.8) is 0 Å². The van der Waals surface area contributed by atoms with E-state index >= 15 is 0 Å². The summed E-state index contributed by atoms with van der Waals surface area (Å²) in [6, 6.07) is 6.96. The maximum Gasteiger partial charge on any atom is 0.257 e. The van der Waals surface area contributed by atoms with Gasteiger partial charge in [-0.1, -0.05) is 45.1 Å². The molecule has 0 aromatic heterocycles. The number of benzene rings is 2. The van der Waals surface area contributed by atoms with Crippen LogP contribution in [0, 0.1) is 18.3 Å². The minimum Gasteiger partial charge on any atom is -0.493 e. The molecule has 1 N–H and O–H groups in total. The highest BCUT2D eigenvalue weighted by Crippen LogP contribution is 2.41. The van der Waals surface area contributed by atoms with Gasteiger partial charge in [-0.15, -0.1) is 0 Å². The van der Waals surface area contributed by atoms with E-state index in [2.05, 4.69) is 38.9 Å². The number of methoxy groups -OCH3 is 1. The lowest BCUT2D eigenvalue weighted by atomic mass is 9.83. The Kier molecular flexibility index (Phi) is 9.79. The van der Waals surface area contributed by atoms with Gasteiger partial charge in [0, 0.05) is 37.5 Å².